The van der Waals surface area contributed by atoms with Crippen LogP contribution < -0.4 is 10.6 Å². The molecule has 0 radical (unpaired) electrons. The molecule has 2 amide bonds. The minimum Gasteiger partial charge on any atom is -0.335 e. The number of nitrogens with one attached hydrogen (secondary N) is 2. The van der Waals surface area contributed by atoms with Crippen LogP contribution in [0.15, 0.2) is 18.5 Å². The largest absolute Gasteiger partial charge is 0.335 e. The van der Waals surface area contributed by atoms with Crippen LogP contribution in [0.2, 0.25) is 0 Å². The Balaban J connectivity index is 1.86. The van der Waals surface area contributed by atoms with Crippen molar-refractivity contribution >= 4 is 12.0 Å². The average molecular weight is 178 g/mol. The summed E-state index contributed by atoms with van der Waals surface area (Å²) < 4.78 is 0. The fraction of sp³-hybridized carbons (Fsp3) is 0.375. The first-order valence-electron chi connectivity index (χ1n) is 4.19. The molecule has 0 spiro atoms. The van der Waals surface area contributed by atoms with Gasteiger partial charge in [0, 0.05) is 18.4 Å². The lowest BCUT2D eigenvalue weighted by Gasteiger charge is -2.03. The van der Waals surface area contributed by atoms with Gasteiger partial charge in [0.05, 0.1) is 0 Å². The van der Waals surface area contributed by atoms with Crippen molar-refractivity contribution < 1.29 is 4.79 Å². The molecule has 13 heavy (non-hydrogen) atoms. The van der Waals surface area contributed by atoms with Crippen LogP contribution in [0.3, 0.4) is 0 Å². The Labute approximate surface area is 75.6 Å². The average Bonchev–Trinajstić information content (AvgIpc) is 2.90. The smallest absolute Gasteiger partial charge is 0.321 e. The first-order chi connectivity index (χ1) is 6.34. The second-order valence-corrected chi connectivity index (χ2v) is 2.95. The Morgan fingerprint density at radius 1 is 1.38 bits per heavy atom. The van der Waals surface area contributed by atoms with Crippen molar-refractivity contribution in [1.82, 2.24) is 15.3 Å². The molecule has 1 aliphatic rings. The molecule has 0 unspecified atom stereocenters. The molecule has 5 nitrogen and oxygen atoms in total. The Morgan fingerprint density at radius 2 is 2.08 bits per heavy atom. The molecule has 2 N–H and O–H groups in total. The van der Waals surface area contributed by atoms with Crippen LogP contribution in [0, 0.1) is 0 Å². The van der Waals surface area contributed by atoms with E-state index in [1.807, 2.05) is 0 Å². The van der Waals surface area contributed by atoms with Gasteiger partial charge in [0.15, 0.2) is 0 Å². The number of rotatable bonds is 2. The van der Waals surface area contributed by atoms with Gasteiger partial charge in [-0.05, 0) is 18.9 Å². The number of carbonyl (C=O) groups is 1. The molecule has 1 saturated carbocycles. The number of carbonyl (C=O) groups excluding carboxylic acids is 1. The van der Waals surface area contributed by atoms with Crippen molar-refractivity contribution in [3.8, 4) is 0 Å². The van der Waals surface area contributed by atoms with Crippen molar-refractivity contribution in [2.24, 2.45) is 0 Å². The summed E-state index contributed by atoms with van der Waals surface area (Å²) in [7, 11) is 0. The van der Waals surface area contributed by atoms with Crippen LogP contribution in [0.4, 0.5) is 10.7 Å². The maximum absolute atomic E-state index is 11.2. The summed E-state index contributed by atoms with van der Waals surface area (Å²) in [6.45, 7) is 0. The van der Waals surface area contributed by atoms with Gasteiger partial charge < -0.3 is 5.32 Å². The van der Waals surface area contributed by atoms with Crippen LogP contribution in [0.1, 0.15) is 12.8 Å². The van der Waals surface area contributed by atoms with Gasteiger partial charge >= 0.3 is 6.03 Å². The van der Waals surface area contributed by atoms with Crippen molar-refractivity contribution in [1.29, 1.82) is 0 Å². The van der Waals surface area contributed by atoms with Crippen molar-refractivity contribution in [2.75, 3.05) is 5.32 Å². The van der Waals surface area contributed by atoms with Gasteiger partial charge in [0.2, 0.25) is 5.95 Å². The SMILES string of the molecule is O=C(Nc1ncccn1)NC1CC1. The third kappa shape index (κ3) is 2.40. The zero-order chi connectivity index (χ0) is 9.10. The van der Waals surface area contributed by atoms with E-state index in [1.54, 1.807) is 18.5 Å². The number of anilines is 1. The summed E-state index contributed by atoms with van der Waals surface area (Å²) in [6, 6.07) is 1.82. The van der Waals surface area contributed by atoms with Crippen molar-refractivity contribution in [3.05, 3.63) is 18.5 Å². The molecule has 0 aliphatic heterocycles. The van der Waals surface area contributed by atoms with Crippen LogP contribution in [-0.2, 0) is 0 Å². The lowest BCUT2D eigenvalue weighted by molar-refractivity contribution is 0.251. The maximum Gasteiger partial charge on any atom is 0.321 e. The predicted octanol–water partition coefficient (Wildman–Crippen LogP) is 0.760. The lowest BCUT2D eigenvalue weighted by atomic mass is 10.6. The molecule has 0 atom stereocenters. The molecule has 1 aromatic heterocycles. The third-order valence-electron chi connectivity index (χ3n) is 1.70. The summed E-state index contributed by atoms with van der Waals surface area (Å²) >= 11 is 0. The van der Waals surface area contributed by atoms with Gasteiger partial charge in [0.25, 0.3) is 0 Å². The highest BCUT2D eigenvalue weighted by molar-refractivity contribution is 5.87. The molecule has 2 rings (SSSR count). The Hall–Kier alpha value is -1.65. The van der Waals surface area contributed by atoms with Crippen LogP contribution in [0.25, 0.3) is 0 Å². The molecule has 5 heteroatoms. The first kappa shape index (κ1) is 7.97. The second kappa shape index (κ2) is 3.38. The standard InChI is InChI=1S/C8H10N4O/c13-8(11-6-2-3-6)12-7-9-4-1-5-10-7/h1,4-6H,2-3H2,(H2,9,10,11,12,13). The number of nitrogens with zero attached hydrogens (tertiary/aromatic N) is 2. The molecule has 1 heterocycles. The van der Waals surface area contributed by atoms with E-state index in [0.717, 1.165) is 12.8 Å². The quantitative estimate of drug-likeness (QED) is 0.702. The highest BCUT2D eigenvalue weighted by atomic mass is 16.2. The summed E-state index contributed by atoms with van der Waals surface area (Å²) in [4.78, 5) is 18.9. The summed E-state index contributed by atoms with van der Waals surface area (Å²) in [5, 5.41) is 5.31. The van der Waals surface area contributed by atoms with Crippen LogP contribution >= 0.6 is 0 Å². The lowest BCUT2D eigenvalue weighted by Crippen LogP contribution is -2.31. The van der Waals surface area contributed by atoms with E-state index >= 15 is 0 Å². The first-order valence-corrected chi connectivity index (χ1v) is 4.19. The van der Waals surface area contributed by atoms with Crippen molar-refractivity contribution in [2.45, 2.75) is 18.9 Å². The molecule has 1 aliphatic carbocycles. The molecule has 0 bridgehead atoms. The molecular formula is C8H10N4O. The summed E-state index contributed by atoms with van der Waals surface area (Å²) in [5.74, 6) is 0.334. The van der Waals surface area contributed by atoms with E-state index < -0.39 is 0 Å². The number of urea groups is 1. The zero-order valence-corrected chi connectivity index (χ0v) is 7.03. The van der Waals surface area contributed by atoms with E-state index in [1.165, 1.54) is 0 Å². The third-order valence-corrected chi connectivity index (χ3v) is 1.70. The molecule has 0 aromatic carbocycles. The number of aromatic nitrogens is 2. The Morgan fingerprint density at radius 3 is 2.69 bits per heavy atom. The highest BCUT2D eigenvalue weighted by Gasteiger charge is 2.23. The van der Waals surface area contributed by atoms with Gasteiger partial charge in [-0.15, -0.1) is 0 Å². The minimum atomic E-state index is -0.228. The van der Waals surface area contributed by atoms with Crippen LogP contribution in [0.5, 0.6) is 0 Å². The number of hydrogen-bond acceptors (Lipinski definition) is 3. The molecule has 0 saturated heterocycles. The normalized spacial score (nSPS) is 15.1. The highest BCUT2D eigenvalue weighted by Crippen LogP contribution is 2.18. The fourth-order valence-corrected chi connectivity index (χ4v) is 0.914. The van der Waals surface area contributed by atoms with E-state index in [2.05, 4.69) is 20.6 Å². The molecule has 1 fully saturated rings. The van der Waals surface area contributed by atoms with Gasteiger partial charge in [0.1, 0.15) is 0 Å². The topological polar surface area (TPSA) is 66.9 Å². The number of amides is 2. The predicted molar refractivity (Wildman–Crippen MR) is 47.2 cm³/mol. The van der Waals surface area contributed by atoms with Crippen LogP contribution in [-0.4, -0.2) is 22.0 Å². The van der Waals surface area contributed by atoms with E-state index in [4.69, 9.17) is 0 Å². The maximum atomic E-state index is 11.2. The second-order valence-electron chi connectivity index (χ2n) is 2.95. The minimum absolute atomic E-state index is 0.228. The summed E-state index contributed by atoms with van der Waals surface area (Å²) in [6.07, 6.45) is 5.31. The summed E-state index contributed by atoms with van der Waals surface area (Å²) in [5.41, 5.74) is 0. The van der Waals surface area contributed by atoms with Gasteiger partial charge in [-0.25, -0.2) is 14.8 Å². The monoisotopic (exact) mass is 178 g/mol. The Kier molecular flexibility index (Phi) is 2.08. The van der Waals surface area contributed by atoms with Crippen molar-refractivity contribution in [3.63, 3.8) is 0 Å². The fourth-order valence-electron chi connectivity index (χ4n) is 0.914. The van der Waals surface area contributed by atoms with Gasteiger partial charge in [-0.2, -0.15) is 0 Å². The molecule has 1 aromatic rings. The number of hydrogen-bond donors (Lipinski definition) is 2. The van der Waals surface area contributed by atoms with E-state index in [9.17, 15) is 4.79 Å². The van der Waals surface area contributed by atoms with Gasteiger partial charge in [-0.3, -0.25) is 5.32 Å². The van der Waals surface area contributed by atoms with Gasteiger partial charge in [-0.1, -0.05) is 0 Å². The van der Waals surface area contributed by atoms with E-state index in [0.29, 0.717) is 12.0 Å². The molecule has 68 valence electrons. The van der Waals surface area contributed by atoms with E-state index in [-0.39, 0.29) is 6.03 Å². The Bertz CT molecular complexity index is 296. The molecular weight excluding hydrogens is 168 g/mol. The zero-order valence-electron chi connectivity index (χ0n) is 7.03.